The molecule has 300 valence electrons. The van der Waals surface area contributed by atoms with Crippen LogP contribution < -0.4 is 10.4 Å². The third-order valence-electron chi connectivity index (χ3n) is 10.4. The number of hydrogen-bond donors (Lipinski definition) is 0. The number of nitriles is 3. The second kappa shape index (κ2) is 15.3. The summed E-state index contributed by atoms with van der Waals surface area (Å²) in [4.78, 5) is 9.50. The van der Waals surface area contributed by atoms with E-state index in [0.717, 1.165) is 48.5 Å². The van der Waals surface area contributed by atoms with E-state index in [0.29, 0.717) is 24.3 Å². The maximum atomic E-state index is 15.5. The monoisotopic (exact) mass is 842 g/mol. The Balaban J connectivity index is 1.86. The van der Waals surface area contributed by atoms with Crippen LogP contribution in [0.2, 0.25) is 0 Å². The normalized spacial score (nSPS) is 13.0. The minimum Gasteiger partial charge on any atom is -0.232 e. The Morgan fingerprint density at radius 1 is 0.548 bits per heavy atom. The van der Waals surface area contributed by atoms with Crippen molar-refractivity contribution in [2.45, 2.75) is 25.2 Å². The fourth-order valence-electron chi connectivity index (χ4n) is 7.88. The molecule has 0 saturated heterocycles. The first-order chi connectivity index (χ1) is 29.4. The zero-order valence-electron chi connectivity index (χ0n) is 30.8. The van der Waals surface area contributed by atoms with Gasteiger partial charge in [-0.1, -0.05) is 24.3 Å². The van der Waals surface area contributed by atoms with Gasteiger partial charge in [0.2, 0.25) is 0 Å². The Kier molecular flexibility index (Phi) is 10.3. The molecule has 62 heavy (non-hydrogen) atoms. The molecule has 0 atom stereocenters. The number of halogens is 10. The molecule has 0 saturated carbocycles. The summed E-state index contributed by atoms with van der Waals surface area (Å²) in [7, 11) is 0. The second-order valence-electron chi connectivity index (χ2n) is 13.6. The Bertz CT molecular complexity index is 2990. The molecule has 2 aliphatic carbocycles. The molecule has 7 rings (SSSR count). The van der Waals surface area contributed by atoms with Crippen LogP contribution in [0.1, 0.15) is 38.9 Å². The molecule has 0 radical (unpaired) electrons. The molecule has 0 N–H and O–H groups in total. The first kappa shape index (κ1) is 41.7. The fourth-order valence-corrected chi connectivity index (χ4v) is 7.88. The van der Waals surface area contributed by atoms with Crippen LogP contribution >= 0.6 is 0 Å². The lowest BCUT2D eigenvalue weighted by Gasteiger charge is -2.18. The Hall–Kier alpha value is -8.44. The van der Waals surface area contributed by atoms with Gasteiger partial charge in [0.1, 0.15) is 65.8 Å². The fraction of sp³-hybridized carbons (Fsp3) is 0.0870. The number of benzene rings is 5. The van der Waals surface area contributed by atoms with Crippen molar-refractivity contribution in [1.82, 2.24) is 0 Å². The van der Waals surface area contributed by atoms with Gasteiger partial charge < -0.3 is 0 Å². The van der Waals surface area contributed by atoms with Crippen molar-refractivity contribution in [3.05, 3.63) is 202 Å². The van der Waals surface area contributed by atoms with Gasteiger partial charge in [-0.25, -0.2) is 22.4 Å². The number of nitrogens with zero attached hydrogens (tertiary/aromatic N) is 6. The van der Waals surface area contributed by atoms with Gasteiger partial charge in [0.25, 0.3) is 5.69 Å². The second-order valence-corrected chi connectivity index (χ2v) is 13.6. The van der Waals surface area contributed by atoms with Crippen LogP contribution in [0.4, 0.5) is 49.6 Å². The van der Waals surface area contributed by atoms with E-state index in [9.17, 15) is 42.1 Å². The smallest absolute Gasteiger partial charge is 0.232 e. The van der Waals surface area contributed by atoms with Crippen molar-refractivity contribution in [1.29, 1.82) is 15.8 Å². The average Bonchev–Trinajstić information content (AvgIpc) is 3.80. The number of hydrogen-bond acceptors (Lipinski definition) is 3. The summed E-state index contributed by atoms with van der Waals surface area (Å²) in [6.45, 7) is 23.0. The van der Waals surface area contributed by atoms with Crippen LogP contribution in [0.5, 0.6) is 0 Å². The number of allylic oxidation sites excluding steroid dienone is 3. The van der Waals surface area contributed by atoms with Crippen molar-refractivity contribution in [2.75, 3.05) is 0 Å². The molecular weight excluding hydrogens is 827 g/mol. The van der Waals surface area contributed by atoms with Gasteiger partial charge in [-0.3, -0.25) is 0 Å². The Labute approximate surface area is 343 Å². The number of rotatable bonds is 4. The van der Waals surface area contributed by atoms with E-state index in [1.54, 1.807) is 12.1 Å². The topological polar surface area (TPSA) is 84.5 Å². The zero-order valence-corrected chi connectivity index (χ0v) is 30.8. The summed E-state index contributed by atoms with van der Waals surface area (Å²) in [5.41, 5.74) is -6.69. The van der Waals surface area contributed by atoms with E-state index in [-0.39, 0.29) is 77.2 Å². The van der Waals surface area contributed by atoms with Crippen LogP contribution in [-0.4, -0.2) is 0 Å². The third kappa shape index (κ3) is 6.77. The SMILES string of the molecule is [C-]#[N+]C([N+]#[C-])=C1Cc2c(-c3ccc(C(F)(F)F)cc3)c3c(c(-c4ccc(C(F)(F)F)cc4)c2=C1c1cc(F)c([N+]#[C-])c(F)c1)CC(=C(C#N)C#N)C=3c1cc(F)c(C#N)c(F)c1. The van der Waals surface area contributed by atoms with E-state index in [1.165, 1.54) is 6.07 Å². The maximum absolute atomic E-state index is 15.5. The van der Waals surface area contributed by atoms with Crippen LogP contribution in [0.15, 0.2) is 95.3 Å². The molecule has 0 amide bonds. The van der Waals surface area contributed by atoms with Crippen molar-refractivity contribution in [3.63, 3.8) is 0 Å². The zero-order chi connectivity index (χ0) is 45.0. The van der Waals surface area contributed by atoms with E-state index in [1.807, 2.05) is 0 Å². The van der Waals surface area contributed by atoms with E-state index in [4.69, 9.17) is 19.7 Å². The van der Waals surface area contributed by atoms with Crippen LogP contribution in [0, 0.1) is 77.0 Å². The molecule has 0 fully saturated rings. The van der Waals surface area contributed by atoms with Crippen molar-refractivity contribution < 1.29 is 43.9 Å². The summed E-state index contributed by atoms with van der Waals surface area (Å²) < 4.78 is 146. The predicted molar refractivity (Wildman–Crippen MR) is 201 cm³/mol. The van der Waals surface area contributed by atoms with Crippen molar-refractivity contribution >= 4 is 16.8 Å². The van der Waals surface area contributed by atoms with Crippen LogP contribution in [0.3, 0.4) is 0 Å². The van der Waals surface area contributed by atoms with E-state index < -0.39 is 82.2 Å². The van der Waals surface area contributed by atoms with Crippen LogP contribution in [-0.2, 0) is 25.2 Å². The van der Waals surface area contributed by atoms with E-state index in [2.05, 4.69) is 14.5 Å². The molecule has 0 aliphatic heterocycles. The highest BCUT2D eigenvalue weighted by Gasteiger charge is 2.38. The number of fused-ring (bicyclic) bond motifs is 2. The molecular formula is C46H16F10N6. The lowest BCUT2D eigenvalue weighted by molar-refractivity contribution is -0.138. The predicted octanol–water partition coefficient (Wildman–Crippen LogP) is 10.9. The minimum absolute atomic E-state index is 0.00114. The molecule has 0 unspecified atom stereocenters. The molecule has 5 aromatic carbocycles. The van der Waals surface area contributed by atoms with Gasteiger partial charge in [0, 0.05) is 6.42 Å². The molecule has 5 aromatic rings. The Morgan fingerprint density at radius 3 is 1.29 bits per heavy atom. The van der Waals surface area contributed by atoms with Crippen LogP contribution in [0.25, 0.3) is 47.9 Å². The summed E-state index contributed by atoms with van der Waals surface area (Å²) in [5, 5.41) is 29.7. The summed E-state index contributed by atoms with van der Waals surface area (Å²) >= 11 is 0. The summed E-state index contributed by atoms with van der Waals surface area (Å²) in [6.07, 6.45) is -10.7. The standard InChI is InChI=1S/C46H16F10N6/c1-60-43-35(49)14-24(15-36(43)50)40-31(44(61-2)62-3)17-30-38(22-6-10-27(11-7-22)46(54,55)56)41-29(37(42(30)40)21-4-8-26(9-5-21)45(51,52)53)16-28(25(18-57)19-58)39(41)23-12-33(47)32(20-59)34(48)13-23/h4-15H,16-17H2. The molecule has 0 spiro atoms. The van der Waals surface area contributed by atoms with E-state index >= 15 is 17.6 Å². The minimum atomic E-state index is -4.85. The highest BCUT2D eigenvalue weighted by atomic mass is 19.4. The molecule has 2 aliphatic rings. The van der Waals surface area contributed by atoms with Gasteiger partial charge in [0.05, 0.1) is 23.3 Å². The maximum Gasteiger partial charge on any atom is 0.523 e. The lowest BCUT2D eigenvalue weighted by atomic mass is 9.85. The quantitative estimate of drug-likeness (QED) is 0.103. The molecule has 0 bridgehead atoms. The van der Waals surface area contributed by atoms with Gasteiger partial charge in [-0.05, 0) is 127 Å². The third-order valence-corrected chi connectivity index (χ3v) is 10.4. The molecule has 6 nitrogen and oxygen atoms in total. The Morgan fingerprint density at radius 2 is 0.935 bits per heavy atom. The van der Waals surface area contributed by atoms with Crippen molar-refractivity contribution in [3.8, 4) is 40.5 Å². The van der Waals surface area contributed by atoms with Gasteiger partial charge in [-0.15, -0.1) is 0 Å². The van der Waals surface area contributed by atoms with Crippen molar-refractivity contribution in [2.24, 2.45) is 0 Å². The summed E-state index contributed by atoms with van der Waals surface area (Å²) in [5.74, 6) is -6.17. The first-order valence-electron chi connectivity index (χ1n) is 17.5. The van der Waals surface area contributed by atoms with Gasteiger partial charge >= 0.3 is 18.2 Å². The summed E-state index contributed by atoms with van der Waals surface area (Å²) in [6, 6.07) is 14.7. The first-order valence-corrected chi connectivity index (χ1v) is 17.5. The highest BCUT2D eigenvalue weighted by Crippen LogP contribution is 2.44. The largest absolute Gasteiger partial charge is 0.523 e. The molecule has 0 aromatic heterocycles. The van der Waals surface area contributed by atoms with Gasteiger partial charge in [0.15, 0.2) is 0 Å². The molecule has 16 heteroatoms. The highest BCUT2D eigenvalue weighted by molar-refractivity contribution is 5.98. The lowest BCUT2D eigenvalue weighted by Crippen LogP contribution is -2.25. The average molecular weight is 843 g/mol. The van der Waals surface area contributed by atoms with Gasteiger partial charge in [-0.2, -0.15) is 51.8 Å². The molecule has 0 heterocycles. The number of alkyl halides is 6.